The second-order valence-electron chi connectivity index (χ2n) is 4.01. The van der Waals surface area contributed by atoms with E-state index in [1.54, 1.807) is 0 Å². The molecule has 1 unspecified atom stereocenters. The number of hydrogen-bond acceptors (Lipinski definition) is 3. The Hall–Kier alpha value is 0.620. The fourth-order valence-corrected chi connectivity index (χ4v) is 0.937. The smallest absolute Gasteiger partial charge is 0.0297 e. The predicted octanol–water partition coefficient (Wildman–Crippen LogP) is 0.261. The third kappa shape index (κ3) is 5.15. The Morgan fingerprint density at radius 3 is 2.15 bits per heavy atom. The Morgan fingerprint density at radius 1 is 1.38 bits per heavy atom. The van der Waals surface area contributed by atoms with Crippen molar-refractivity contribution in [1.29, 1.82) is 0 Å². The number of nitrogens with one attached hydrogen (secondary N) is 1. The summed E-state index contributed by atoms with van der Waals surface area (Å²) >= 11 is 0. The molecule has 85 valence electrons. The van der Waals surface area contributed by atoms with Crippen molar-refractivity contribution in [2.24, 2.45) is 5.73 Å². The third-order valence-electron chi connectivity index (χ3n) is 2.81. The van der Waals surface area contributed by atoms with E-state index >= 15 is 0 Å². The zero-order valence-corrected chi connectivity index (χ0v) is 10.8. The molecule has 0 aromatic heterocycles. The van der Waals surface area contributed by atoms with Crippen LogP contribution < -0.4 is 11.1 Å². The molecule has 0 fully saturated rings. The molecule has 0 aliphatic rings. The molecule has 1 atom stereocenters. The van der Waals surface area contributed by atoms with Gasteiger partial charge in [-0.3, -0.25) is 0 Å². The second kappa shape index (κ2) is 6.98. The minimum atomic E-state index is 0. The zero-order valence-electron chi connectivity index (χ0n) is 9.32. The van der Waals surface area contributed by atoms with Crippen LogP contribution in [0.25, 0.3) is 0 Å². The van der Waals surface area contributed by atoms with Crippen LogP contribution in [0.5, 0.6) is 0 Å². The summed E-state index contributed by atoms with van der Waals surface area (Å²) < 4.78 is 0. The Morgan fingerprint density at radius 2 is 1.85 bits per heavy atom. The SMILES string of the molecule is CC(NCCN)C(C)(C)N(C)C.[Ag]. The summed E-state index contributed by atoms with van der Waals surface area (Å²) in [6, 6.07) is 0.455. The van der Waals surface area contributed by atoms with Crippen molar-refractivity contribution in [3.63, 3.8) is 0 Å². The molecule has 0 saturated carbocycles. The van der Waals surface area contributed by atoms with Gasteiger partial charge in [0, 0.05) is 47.1 Å². The fraction of sp³-hybridized carbons (Fsp3) is 1.00. The van der Waals surface area contributed by atoms with Crippen LogP contribution in [0.1, 0.15) is 20.8 Å². The monoisotopic (exact) mass is 280 g/mol. The van der Waals surface area contributed by atoms with E-state index in [4.69, 9.17) is 5.73 Å². The van der Waals surface area contributed by atoms with E-state index in [9.17, 15) is 0 Å². The number of rotatable bonds is 5. The minimum Gasteiger partial charge on any atom is -0.329 e. The van der Waals surface area contributed by atoms with E-state index in [1.807, 2.05) is 0 Å². The van der Waals surface area contributed by atoms with Crippen LogP contribution in [0, 0.1) is 0 Å². The molecule has 0 amide bonds. The van der Waals surface area contributed by atoms with Crippen molar-refractivity contribution in [1.82, 2.24) is 10.2 Å². The van der Waals surface area contributed by atoms with E-state index < -0.39 is 0 Å². The zero-order chi connectivity index (χ0) is 9.78. The van der Waals surface area contributed by atoms with Crippen molar-refractivity contribution in [3.05, 3.63) is 0 Å². The standard InChI is InChI=1S/C9H23N3.Ag/c1-8(11-7-6-10)9(2,3)12(4)5;/h8,11H,6-7,10H2,1-5H3;. The quantitative estimate of drug-likeness (QED) is 0.710. The van der Waals surface area contributed by atoms with Crippen molar-refractivity contribution < 1.29 is 22.4 Å². The average Bonchev–Trinajstić information content (AvgIpc) is 1.99. The van der Waals surface area contributed by atoms with Gasteiger partial charge in [0.25, 0.3) is 0 Å². The van der Waals surface area contributed by atoms with E-state index in [-0.39, 0.29) is 27.9 Å². The van der Waals surface area contributed by atoms with E-state index in [1.165, 1.54) is 0 Å². The maximum atomic E-state index is 5.42. The summed E-state index contributed by atoms with van der Waals surface area (Å²) in [5.74, 6) is 0. The Bertz CT molecular complexity index is 126. The summed E-state index contributed by atoms with van der Waals surface area (Å²) in [5, 5.41) is 3.39. The second-order valence-corrected chi connectivity index (χ2v) is 4.01. The van der Waals surface area contributed by atoms with Crippen molar-refractivity contribution in [2.75, 3.05) is 27.2 Å². The first-order valence-corrected chi connectivity index (χ1v) is 4.53. The van der Waals surface area contributed by atoms with Gasteiger partial charge < -0.3 is 16.0 Å². The van der Waals surface area contributed by atoms with Gasteiger partial charge >= 0.3 is 0 Å². The fourth-order valence-electron chi connectivity index (χ4n) is 0.937. The largest absolute Gasteiger partial charge is 0.329 e. The number of hydrogen-bond donors (Lipinski definition) is 2. The minimum absolute atomic E-state index is 0. The summed E-state index contributed by atoms with van der Waals surface area (Å²) in [6.45, 7) is 8.23. The van der Waals surface area contributed by atoms with E-state index in [0.29, 0.717) is 12.6 Å². The maximum absolute atomic E-state index is 5.42. The van der Waals surface area contributed by atoms with Gasteiger partial charge in [-0.15, -0.1) is 0 Å². The Labute approximate surface area is 97.9 Å². The molecular formula is C9H23AgN3. The van der Waals surface area contributed by atoms with Gasteiger partial charge in [0.15, 0.2) is 0 Å². The average molecular weight is 281 g/mol. The molecule has 3 N–H and O–H groups in total. The maximum Gasteiger partial charge on any atom is 0.0297 e. The van der Waals surface area contributed by atoms with Gasteiger partial charge in [-0.05, 0) is 34.9 Å². The van der Waals surface area contributed by atoms with Crippen molar-refractivity contribution in [3.8, 4) is 0 Å². The number of nitrogens with two attached hydrogens (primary N) is 1. The molecule has 0 aliphatic carbocycles. The van der Waals surface area contributed by atoms with Crippen LogP contribution >= 0.6 is 0 Å². The molecule has 0 rings (SSSR count). The molecule has 4 heteroatoms. The predicted molar refractivity (Wildman–Crippen MR) is 54.3 cm³/mol. The molecule has 0 bridgehead atoms. The Balaban J connectivity index is 0. The number of likely N-dealkylation sites (N-methyl/N-ethyl adjacent to an activating group) is 1. The molecule has 0 aromatic rings. The summed E-state index contributed by atoms with van der Waals surface area (Å²) in [4.78, 5) is 2.22. The van der Waals surface area contributed by atoms with Crippen molar-refractivity contribution >= 4 is 0 Å². The molecule has 0 aromatic carbocycles. The first-order chi connectivity index (χ1) is 5.42. The Kier molecular flexibility index (Phi) is 8.63. The topological polar surface area (TPSA) is 41.3 Å². The molecule has 0 saturated heterocycles. The normalized spacial score (nSPS) is 14.1. The van der Waals surface area contributed by atoms with Crippen LogP contribution in [-0.2, 0) is 22.4 Å². The summed E-state index contributed by atoms with van der Waals surface area (Å²) in [5.41, 5.74) is 5.60. The van der Waals surface area contributed by atoms with E-state index in [0.717, 1.165) is 6.54 Å². The van der Waals surface area contributed by atoms with Gasteiger partial charge in [-0.1, -0.05) is 0 Å². The van der Waals surface area contributed by atoms with Gasteiger partial charge in [0.2, 0.25) is 0 Å². The van der Waals surface area contributed by atoms with Crippen LogP contribution in [0.15, 0.2) is 0 Å². The van der Waals surface area contributed by atoms with Crippen LogP contribution in [0.3, 0.4) is 0 Å². The molecule has 0 spiro atoms. The summed E-state index contributed by atoms with van der Waals surface area (Å²) in [6.07, 6.45) is 0. The van der Waals surface area contributed by atoms with Gasteiger partial charge in [0.05, 0.1) is 0 Å². The molecule has 0 aliphatic heterocycles. The summed E-state index contributed by atoms with van der Waals surface area (Å²) in [7, 11) is 4.20. The van der Waals surface area contributed by atoms with Crippen LogP contribution in [0.4, 0.5) is 0 Å². The van der Waals surface area contributed by atoms with E-state index in [2.05, 4.69) is 45.1 Å². The first-order valence-electron chi connectivity index (χ1n) is 4.53. The van der Waals surface area contributed by atoms with Gasteiger partial charge in [-0.25, -0.2) is 0 Å². The molecular weight excluding hydrogens is 258 g/mol. The third-order valence-corrected chi connectivity index (χ3v) is 2.81. The molecule has 3 nitrogen and oxygen atoms in total. The van der Waals surface area contributed by atoms with Gasteiger partial charge in [-0.2, -0.15) is 0 Å². The van der Waals surface area contributed by atoms with Crippen LogP contribution in [0.2, 0.25) is 0 Å². The van der Waals surface area contributed by atoms with Crippen LogP contribution in [-0.4, -0.2) is 43.7 Å². The van der Waals surface area contributed by atoms with Gasteiger partial charge in [0.1, 0.15) is 0 Å². The van der Waals surface area contributed by atoms with Crippen molar-refractivity contribution in [2.45, 2.75) is 32.4 Å². The molecule has 13 heavy (non-hydrogen) atoms. The first kappa shape index (κ1) is 16.1. The molecule has 1 radical (unpaired) electrons. The number of nitrogens with zero attached hydrogens (tertiary/aromatic N) is 1. The molecule has 0 heterocycles.